The second-order valence-corrected chi connectivity index (χ2v) is 6.27. The molecule has 4 unspecified atom stereocenters. The largest absolute Gasteiger partial charge is 0.463 e. The maximum absolute atomic E-state index is 11.1. The van der Waals surface area contributed by atoms with Gasteiger partial charge in [0.05, 0.1) is 38.3 Å². The van der Waals surface area contributed by atoms with E-state index in [-0.39, 0.29) is 38.3 Å². The monoisotopic (exact) mass is 328 g/mol. The van der Waals surface area contributed by atoms with Crippen molar-refractivity contribution >= 4 is 11.9 Å². The lowest BCUT2D eigenvalue weighted by molar-refractivity contribution is -0.150. The Hall–Kier alpha value is -1.18. The van der Waals surface area contributed by atoms with Crippen molar-refractivity contribution in [2.45, 2.75) is 62.9 Å². The van der Waals surface area contributed by atoms with Crippen LogP contribution < -0.4 is 0 Å². The number of esters is 2. The third-order valence-electron chi connectivity index (χ3n) is 4.11. The molecule has 3 aliphatic heterocycles. The number of ether oxygens (including phenoxy) is 5. The summed E-state index contributed by atoms with van der Waals surface area (Å²) in [5.41, 5.74) is 0. The van der Waals surface area contributed by atoms with Gasteiger partial charge in [-0.05, 0) is 12.8 Å². The van der Waals surface area contributed by atoms with E-state index in [2.05, 4.69) is 0 Å². The molecule has 0 spiro atoms. The molecule has 0 bridgehead atoms. The van der Waals surface area contributed by atoms with Crippen molar-refractivity contribution in [2.24, 2.45) is 0 Å². The van der Waals surface area contributed by atoms with Crippen molar-refractivity contribution in [1.29, 1.82) is 0 Å². The molecule has 4 aliphatic rings. The number of hydrogen-bond acceptors (Lipinski definition) is 7. The van der Waals surface area contributed by atoms with Crippen LogP contribution in [0.15, 0.2) is 0 Å². The Bertz CT molecular complexity index is 379. The highest BCUT2D eigenvalue weighted by Gasteiger charge is 2.39. The summed E-state index contributed by atoms with van der Waals surface area (Å²) >= 11 is 0. The molecule has 1 aliphatic carbocycles. The topological polar surface area (TPSA) is 90.2 Å². The maximum atomic E-state index is 11.1. The summed E-state index contributed by atoms with van der Waals surface area (Å²) in [5.74, 6) is -0.787. The Morgan fingerprint density at radius 2 is 1.26 bits per heavy atom. The van der Waals surface area contributed by atoms with Gasteiger partial charge in [0.15, 0.2) is 0 Å². The van der Waals surface area contributed by atoms with Crippen LogP contribution in [0.4, 0.5) is 0 Å². The number of hydrogen-bond donors (Lipinski definition) is 0. The summed E-state index contributed by atoms with van der Waals surface area (Å²) < 4.78 is 24.7. The third kappa shape index (κ3) is 6.85. The van der Waals surface area contributed by atoms with Gasteiger partial charge in [0, 0.05) is 0 Å². The van der Waals surface area contributed by atoms with Crippen molar-refractivity contribution in [3.63, 3.8) is 0 Å². The fourth-order valence-corrected chi connectivity index (χ4v) is 2.43. The minimum Gasteiger partial charge on any atom is -0.463 e. The summed E-state index contributed by atoms with van der Waals surface area (Å²) in [4.78, 5) is 22.2. The molecule has 0 N–H and O–H groups in total. The van der Waals surface area contributed by atoms with Gasteiger partial charge in [0.2, 0.25) is 0 Å². The summed E-state index contributed by atoms with van der Waals surface area (Å²) in [6, 6.07) is 0. The van der Waals surface area contributed by atoms with Gasteiger partial charge < -0.3 is 23.7 Å². The Morgan fingerprint density at radius 1 is 0.826 bits per heavy atom. The van der Waals surface area contributed by atoms with E-state index in [4.69, 9.17) is 23.7 Å². The zero-order valence-electron chi connectivity index (χ0n) is 13.2. The van der Waals surface area contributed by atoms with E-state index in [1.54, 1.807) is 0 Å². The molecule has 0 amide bonds. The third-order valence-corrected chi connectivity index (χ3v) is 4.11. The van der Waals surface area contributed by atoms with Gasteiger partial charge in [-0.25, -0.2) is 0 Å². The normalized spacial score (nSPS) is 32.7. The molecular formula is C16H24O7. The molecule has 0 aromatic rings. The molecule has 0 radical (unpaired) electrons. The van der Waals surface area contributed by atoms with Gasteiger partial charge >= 0.3 is 11.9 Å². The van der Waals surface area contributed by atoms with Crippen molar-refractivity contribution in [3.8, 4) is 0 Å². The number of carbonyl (C=O) groups excluding carboxylic acids is 2. The van der Waals surface area contributed by atoms with Crippen molar-refractivity contribution in [3.05, 3.63) is 0 Å². The van der Waals surface area contributed by atoms with Crippen molar-refractivity contribution < 1.29 is 33.3 Å². The van der Waals surface area contributed by atoms with Crippen LogP contribution in [-0.2, 0) is 33.3 Å². The second-order valence-electron chi connectivity index (χ2n) is 6.27. The first-order chi connectivity index (χ1) is 11.2. The van der Waals surface area contributed by atoms with E-state index in [0.29, 0.717) is 25.4 Å². The lowest BCUT2D eigenvalue weighted by Gasteiger charge is -2.03. The number of fused-ring (bicyclic) bond motifs is 1. The molecule has 130 valence electrons. The lowest BCUT2D eigenvalue weighted by Crippen LogP contribution is -2.14. The Morgan fingerprint density at radius 3 is 1.61 bits per heavy atom. The van der Waals surface area contributed by atoms with Crippen LogP contribution in [0.1, 0.15) is 38.5 Å². The van der Waals surface area contributed by atoms with Gasteiger partial charge in [-0.1, -0.05) is 12.8 Å². The fraction of sp³-hybridized carbons (Fsp3) is 0.875. The summed E-state index contributed by atoms with van der Waals surface area (Å²) in [5, 5.41) is 0. The van der Waals surface area contributed by atoms with Crippen LogP contribution >= 0.6 is 0 Å². The molecule has 4 rings (SSSR count). The standard InChI is InChI=1S/C10H14O6.C6H10O/c11-9(15-5-7-3-13-7)1-2-10(12)16-6-8-4-14-8;1-2-4-6-5(3-1)7-6/h7-8H,1-6H2;5-6H,1-4H2. The highest BCUT2D eigenvalue weighted by molar-refractivity contribution is 5.77. The second kappa shape index (κ2) is 8.08. The smallest absolute Gasteiger partial charge is 0.306 e. The average molecular weight is 328 g/mol. The molecule has 0 aromatic carbocycles. The first-order valence-electron chi connectivity index (χ1n) is 8.40. The molecule has 4 fully saturated rings. The van der Waals surface area contributed by atoms with E-state index < -0.39 is 11.9 Å². The number of epoxide rings is 3. The fourth-order valence-electron chi connectivity index (χ4n) is 2.43. The van der Waals surface area contributed by atoms with Crippen molar-refractivity contribution in [1.82, 2.24) is 0 Å². The molecule has 23 heavy (non-hydrogen) atoms. The quantitative estimate of drug-likeness (QED) is 0.508. The summed E-state index contributed by atoms with van der Waals surface area (Å²) in [6.07, 6.45) is 7.11. The van der Waals surface area contributed by atoms with Gasteiger partial charge in [-0.15, -0.1) is 0 Å². The van der Waals surface area contributed by atoms with Crippen LogP contribution in [0.25, 0.3) is 0 Å². The van der Waals surface area contributed by atoms with Crippen LogP contribution in [0, 0.1) is 0 Å². The first kappa shape index (κ1) is 16.7. The Kier molecular flexibility index (Phi) is 5.85. The first-order valence-corrected chi connectivity index (χ1v) is 8.40. The molecule has 4 atom stereocenters. The van der Waals surface area contributed by atoms with E-state index in [9.17, 15) is 9.59 Å². The predicted molar refractivity (Wildman–Crippen MR) is 77.8 cm³/mol. The average Bonchev–Trinajstić information content (AvgIpc) is 3.42. The van der Waals surface area contributed by atoms with E-state index in [1.807, 2.05) is 0 Å². The SMILES string of the molecule is C1CCC2OC2C1.O=C(CCC(=O)OCC1CO1)OCC1CO1. The minimum atomic E-state index is -0.393. The van der Waals surface area contributed by atoms with Crippen LogP contribution in [-0.4, -0.2) is 62.8 Å². The Labute approximate surface area is 135 Å². The van der Waals surface area contributed by atoms with Gasteiger partial charge in [-0.3, -0.25) is 9.59 Å². The van der Waals surface area contributed by atoms with E-state index in [0.717, 1.165) is 0 Å². The zero-order chi connectivity index (χ0) is 16.1. The number of rotatable bonds is 7. The predicted octanol–water partition coefficient (Wildman–Crippen LogP) is 0.978. The lowest BCUT2D eigenvalue weighted by atomic mass is 10.0. The highest BCUT2D eigenvalue weighted by atomic mass is 16.6. The zero-order valence-corrected chi connectivity index (χ0v) is 13.2. The number of carbonyl (C=O) groups is 2. The van der Waals surface area contributed by atoms with E-state index >= 15 is 0 Å². The maximum Gasteiger partial charge on any atom is 0.306 e. The molecule has 7 nitrogen and oxygen atoms in total. The van der Waals surface area contributed by atoms with Crippen LogP contribution in [0.2, 0.25) is 0 Å². The van der Waals surface area contributed by atoms with Gasteiger partial charge in [0.25, 0.3) is 0 Å². The highest BCUT2D eigenvalue weighted by Crippen LogP contribution is 2.35. The Balaban J connectivity index is 0.000000183. The molecule has 0 aromatic heterocycles. The van der Waals surface area contributed by atoms with Gasteiger partial charge in [-0.2, -0.15) is 0 Å². The minimum absolute atomic E-state index is 0.0527. The molecule has 1 saturated carbocycles. The molecular weight excluding hydrogens is 304 g/mol. The molecule has 3 saturated heterocycles. The molecule has 3 heterocycles. The van der Waals surface area contributed by atoms with Gasteiger partial charge in [0.1, 0.15) is 25.4 Å². The van der Waals surface area contributed by atoms with E-state index in [1.165, 1.54) is 25.7 Å². The van der Waals surface area contributed by atoms with Crippen LogP contribution in [0.3, 0.4) is 0 Å². The summed E-state index contributed by atoms with van der Waals surface area (Å²) in [6.45, 7) is 1.86. The van der Waals surface area contributed by atoms with Crippen molar-refractivity contribution in [2.75, 3.05) is 26.4 Å². The van der Waals surface area contributed by atoms with Crippen LogP contribution in [0.5, 0.6) is 0 Å². The molecule has 7 heteroatoms. The summed E-state index contributed by atoms with van der Waals surface area (Å²) in [7, 11) is 0.